The van der Waals surface area contributed by atoms with Crippen molar-refractivity contribution < 1.29 is 14.3 Å². The Labute approximate surface area is 188 Å². The fourth-order valence-corrected chi connectivity index (χ4v) is 3.76. The Balaban J connectivity index is 1.56. The van der Waals surface area contributed by atoms with E-state index in [1.165, 1.54) is 0 Å². The second-order valence-corrected chi connectivity index (χ2v) is 7.65. The summed E-state index contributed by atoms with van der Waals surface area (Å²) in [5, 5.41) is 5.41. The molecular formula is C28H27NO3. The largest absolute Gasteiger partial charge is 0.497 e. The zero-order valence-corrected chi connectivity index (χ0v) is 18.3. The van der Waals surface area contributed by atoms with Crippen LogP contribution < -0.4 is 14.8 Å². The Morgan fingerprint density at radius 1 is 0.781 bits per heavy atom. The molecule has 4 rings (SSSR count). The van der Waals surface area contributed by atoms with Gasteiger partial charge >= 0.3 is 0 Å². The van der Waals surface area contributed by atoms with E-state index in [2.05, 4.69) is 11.4 Å². The molecule has 0 radical (unpaired) electrons. The lowest BCUT2D eigenvalue weighted by atomic mass is 9.98. The minimum absolute atomic E-state index is 0.148. The fraction of sp³-hybridized carbons (Fsp3) is 0.179. The summed E-state index contributed by atoms with van der Waals surface area (Å²) < 4.78 is 11.4. The summed E-state index contributed by atoms with van der Waals surface area (Å²) in [7, 11) is 1.64. The lowest BCUT2D eigenvalue weighted by Crippen LogP contribution is -2.40. The predicted octanol–water partition coefficient (Wildman–Crippen LogP) is 5.91. The summed E-state index contributed by atoms with van der Waals surface area (Å²) in [6.07, 6.45) is -0.0383. The standard InChI is InChI=1S/C28H27NO3/c1-3-26(32-25-18-13-20-9-7-8-12-23(20)19-25)28(30)29-27(21-10-5-4-6-11-21)22-14-16-24(31-2)17-15-22/h4-19,26-27H,3H2,1-2H3,(H,29,30). The monoisotopic (exact) mass is 425 g/mol. The maximum atomic E-state index is 13.3. The number of benzene rings is 4. The van der Waals surface area contributed by atoms with E-state index in [9.17, 15) is 4.79 Å². The Morgan fingerprint density at radius 2 is 1.41 bits per heavy atom. The number of carbonyl (C=O) groups excluding carboxylic acids is 1. The molecule has 0 aliphatic carbocycles. The number of nitrogens with one attached hydrogen (secondary N) is 1. The molecule has 0 aromatic heterocycles. The van der Waals surface area contributed by atoms with Crippen LogP contribution in [0.4, 0.5) is 0 Å². The van der Waals surface area contributed by atoms with Crippen molar-refractivity contribution in [2.75, 3.05) is 7.11 Å². The molecule has 2 unspecified atom stereocenters. The number of rotatable bonds is 8. The minimum Gasteiger partial charge on any atom is -0.497 e. The first-order chi connectivity index (χ1) is 15.7. The number of carbonyl (C=O) groups is 1. The van der Waals surface area contributed by atoms with Crippen LogP contribution in [0.25, 0.3) is 10.8 Å². The molecule has 0 saturated carbocycles. The van der Waals surface area contributed by atoms with Gasteiger partial charge in [0.1, 0.15) is 11.5 Å². The molecule has 1 amide bonds. The van der Waals surface area contributed by atoms with E-state index >= 15 is 0 Å². The zero-order valence-electron chi connectivity index (χ0n) is 18.3. The van der Waals surface area contributed by atoms with Gasteiger partial charge < -0.3 is 14.8 Å². The quantitative estimate of drug-likeness (QED) is 0.382. The van der Waals surface area contributed by atoms with Gasteiger partial charge in [0.05, 0.1) is 13.2 Å². The van der Waals surface area contributed by atoms with E-state index in [-0.39, 0.29) is 11.9 Å². The molecule has 0 fully saturated rings. The average Bonchev–Trinajstić information content (AvgIpc) is 2.86. The number of hydrogen-bond acceptors (Lipinski definition) is 3. The first-order valence-electron chi connectivity index (χ1n) is 10.8. The van der Waals surface area contributed by atoms with Crippen LogP contribution in [-0.4, -0.2) is 19.1 Å². The minimum atomic E-state index is -0.597. The number of methoxy groups -OCH3 is 1. The third-order valence-electron chi connectivity index (χ3n) is 5.53. The van der Waals surface area contributed by atoms with E-state index in [1.54, 1.807) is 7.11 Å². The van der Waals surface area contributed by atoms with Crippen LogP contribution in [0, 0.1) is 0 Å². The molecule has 2 atom stereocenters. The Bertz CT molecular complexity index is 1170. The van der Waals surface area contributed by atoms with Gasteiger partial charge in [0.2, 0.25) is 0 Å². The average molecular weight is 426 g/mol. The van der Waals surface area contributed by atoms with E-state index in [0.29, 0.717) is 12.2 Å². The third-order valence-corrected chi connectivity index (χ3v) is 5.53. The number of hydrogen-bond donors (Lipinski definition) is 1. The van der Waals surface area contributed by atoms with Crippen LogP contribution >= 0.6 is 0 Å². The van der Waals surface area contributed by atoms with Crippen LogP contribution in [0.5, 0.6) is 11.5 Å². The van der Waals surface area contributed by atoms with Gasteiger partial charge in [-0.3, -0.25) is 4.79 Å². The molecule has 0 aliphatic rings. The van der Waals surface area contributed by atoms with Crippen molar-refractivity contribution in [1.82, 2.24) is 5.32 Å². The molecule has 4 aromatic carbocycles. The molecule has 0 aliphatic heterocycles. The van der Waals surface area contributed by atoms with Gasteiger partial charge in [0.25, 0.3) is 5.91 Å². The first kappa shape index (κ1) is 21.4. The van der Waals surface area contributed by atoms with Crippen LogP contribution in [0.2, 0.25) is 0 Å². The third kappa shape index (κ3) is 4.92. The number of fused-ring (bicyclic) bond motifs is 1. The second-order valence-electron chi connectivity index (χ2n) is 7.65. The lowest BCUT2D eigenvalue weighted by molar-refractivity contribution is -0.128. The maximum absolute atomic E-state index is 13.3. The van der Waals surface area contributed by atoms with Crippen LogP contribution in [-0.2, 0) is 4.79 Å². The normalized spacial score (nSPS) is 12.7. The summed E-state index contributed by atoms with van der Waals surface area (Å²) in [6.45, 7) is 1.95. The molecule has 32 heavy (non-hydrogen) atoms. The topological polar surface area (TPSA) is 47.6 Å². The summed E-state index contributed by atoms with van der Waals surface area (Å²) in [4.78, 5) is 13.3. The highest BCUT2D eigenvalue weighted by Crippen LogP contribution is 2.26. The van der Waals surface area contributed by atoms with Crippen molar-refractivity contribution in [2.24, 2.45) is 0 Å². The van der Waals surface area contributed by atoms with Gasteiger partial charge in [-0.05, 0) is 52.6 Å². The van der Waals surface area contributed by atoms with Gasteiger partial charge in [-0.15, -0.1) is 0 Å². The maximum Gasteiger partial charge on any atom is 0.261 e. The molecule has 4 heteroatoms. The Morgan fingerprint density at radius 3 is 2.09 bits per heavy atom. The van der Waals surface area contributed by atoms with Crippen molar-refractivity contribution in [3.63, 3.8) is 0 Å². The molecule has 1 N–H and O–H groups in total. The summed E-state index contributed by atoms with van der Waals surface area (Å²) in [6, 6.07) is 31.4. The Hall–Kier alpha value is -3.79. The van der Waals surface area contributed by atoms with E-state index in [0.717, 1.165) is 27.6 Å². The van der Waals surface area contributed by atoms with Crippen LogP contribution in [0.3, 0.4) is 0 Å². The van der Waals surface area contributed by atoms with Gasteiger partial charge in [-0.1, -0.05) is 79.7 Å². The Kier molecular flexibility index (Phi) is 6.71. The van der Waals surface area contributed by atoms with E-state index in [1.807, 2.05) is 97.9 Å². The number of ether oxygens (including phenoxy) is 2. The summed E-state index contributed by atoms with van der Waals surface area (Å²) in [5.74, 6) is 1.31. The van der Waals surface area contributed by atoms with Crippen molar-refractivity contribution >= 4 is 16.7 Å². The van der Waals surface area contributed by atoms with E-state index in [4.69, 9.17) is 9.47 Å². The molecular weight excluding hydrogens is 398 g/mol. The second kappa shape index (κ2) is 10.0. The molecule has 0 saturated heterocycles. The smallest absolute Gasteiger partial charge is 0.261 e. The van der Waals surface area contributed by atoms with Gasteiger partial charge in [-0.2, -0.15) is 0 Å². The highest BCUT2D eigenvalue weighted by atomic mass is 16.5. The highest BCUT2D eigenvalue weighted by Gasteiger charge is 2.24. The molecule has 0 spiro atoms. The SMILES string of the molecule is CCC(Oc1ccc2ccccc2c1)C(=O)NC(c1ccccc1)c1ccc(OC)cc1. The molecule has 0 bridgehead atoms. The molecule has 4 nitrogen and oxygen atoms in total. The summed E-state index contributed by atoms with van der Waals surface area (Å²) >= 11 is 0. The molecule has 162 valence electrons. The number of amides is 1. The zero-order chi connectivity index (χ0) is 22.3. The lowest BCUT2D eigenvalue weighted by Gasteiger charge is -2.24. The van der Waals surface area contributed by atoms with Gasteiger partial charge in [-0.25, -0.2) is 0 Å². The fourth-order valence-electron chi connectivity index (χ4n) is 3.76. The van der Waals surface area contributed by atoms with Gasteiger partial charge in [0, 0.05) is 0 Å². The van der Waals surface area contributed by atoms with Gasteiger partial charge in [0.15, 0.2) is 6.10 Å². The van der Waals surface area contributed by atoms with Crippen molar-refractivity contribution in [2.45, 2.75) is 25.5 Å². The highest BCUT2D eigenvalue weighted by molar-refractivity contribution is 5.84. The van der Waals surface area contributed by atoms with Crippen molar-refractivity contribution in [3.8, 4) is 11.5 Å². The first-order valence-corrected chi connectivity index (χ1v) is 10.8. The molecule has 0 heterocycles. The van der Waals surface area contributed by atoms with E-state index < -0.39 is 6.10 Å². The molecule has 4 aromatic rings. The summed E-state index contributed by atoms with van der Waals surface area (Å²) in [5.41, 5.74) is 1.98. The van der Waals surface area contributed by atoms with Crippen LogP contribution in [0.15, 0.2) is 97.1 Å². The van der Waals surface area contributed by atoms with Crippen molar-refractivity contribution in [1.29, 1.82) is 0 Å². The van der Waals surface area contributed by atoms with Crippen molar-refractivity contribution in [3.05, 3.63) is 108 Å². The predicted molar refractivity (Wildman–Crippen MR) is 128 cm³/mol. The van der Waals surface area contributed by atoms with Crippen LogP contribution in [0.1, 0.15) is 30.5 Å².